The van der Waals surface area contributed by atoms with Crippen LogP contribution in [0, 0.1) is 0 Å². The molecule has 0 saturated carbocycles. The molecule has 1 atom stereocenters. The fourth-order valence-corrected chi connectivity index (χ4v) is 1.86. The summed E-state index contributed by atoms with van der Waals surface area (Å²) in [6.45, 7) is 3.66. The quantitative estimate of drug-likeness (QED) is 0.632. The average Bonchev–Trinajstić information content (AvgIpc) is 2.37. The molecule has 0 spiro atoms. The number of rotatable bonds is 1. The van der Waals surface area contributed by atoms with E-state index in [-0.39, 0.29) is 9.70 Å². The molecule has 1 unspecified atom stereocenters. The normalized spacial score (nSPS) is 21.9. The predicted octanol–water partition coefficient (Wildman–Crippen LogP) is 2.63. The standard InChI is InChI=1S/C7H8O2S2/c1-5-6(3-4-9-5)11-7(8)10-2/h3-4,6H,1H2,2H3. The number of hydrogen-bond acceptors (Lipinski definition) is 4. The second-order valence-electron chi connectivity index (χ2n) is 1.91. The molecule has 60 valence electrons. The molecule has 0 amide bonds. The number of thioether (sulfide) groups is 2. The Bertz CT molecular complexity index is 210. The Morgan fingerprint density at radius 2 is 2.55 bits per heavy atom. The molecule has 4 heteroatoms. The fourth-order valence-electron chi connectivity index (χ4n) is 0.629. The predicted molar refractivity (Wildman–Crippen MR) is 49.7 cm³/mol. The molecule has 0 aromatic heterocycles. The van der Waals surface area contributed by atoms with E-state index in [1.54, 1.807) is 12.5 Å². The molecule has 11 heavy (non-hydrogen) atoms. The van der Waals surface area contributed by atoms with Gasteiger partial charge in [0.15, 0.2) is 0 Å². The Labute approximate surface area is 74.1 Å². The maximum absolute atomic E-state index is 10.9. The van der Waals surface area contributed by atoms with Crippen LogP contribution in [0.1, 0.15) is 0 Å². The van der Waals surface area contributed by atoms with Gasteiger partial charge in [-0.2, -0.15) is 0 Å². The van der Waals surface area contributed by atoms with E-state index in [1.807, 2.05) is 6.08 Å². The second kappa shape index (κ2) is 3.88. The molecule has 0 aliphatic carbocycles. The van der Waals surface area contributed by atoms with Crippen LogP contribution in [0.2, 0.25) is 0 Å². The number of carbonyl (C=O) groups is 1. The van der Waals surface area contributed by atoms with E-state index in [9.17, 15) is 4.79 Å². The first-order valence-corrected chi connectivity index (χ1v) is 5.11. The molecule has 1 heterocycles. The van der Waals surface area contributed by atoms with E-state index in [0.29, 0.717) is 5.76 Å². The van der Waals surface area contributed by atoms with E-state index in [2.05, 4.69) is 6.58 Å². The van der Waals surface area contributed by atoms with Crippen molar-refractivity contribution in [2.24, 2.45) is 0 Å². The summed E-state index contributed by atoms with van der Waals surface area (Å²) in [5.74, 6) is 0.636. The van der Waals surface area contributed by atoms with Crippen molar-refractivity contribution >= 4 is 28.0 Å². The lowest BCUT2D eigenvalue weighted by Crippen LogP contribution is -1.99. The van der Waals surface area contributed by atoms with Gasteiger partial charge in [-0.05, 0) is 12.3 Å². The van der Waals surface area contributed by atoms with Crippen LogP contribution in [-0.2, 0) is 4.74 Å². The van der Waals surface area contributed by atoms with Gasteiger partial charge in [0.25, 0.3) is 0 Å². The van der Waals surface area contributed by atoms with Crippen molar-refractivity contribution in [3.05, 3.63) is 24.7 Å². The third kappa shape index (κ3) is 2.31. The molecule has 2 nitrogen and oxygen atoms in total. The van der Waals surface area contributed by atoms with Crippen LogP contribution in [0.25, 0.3) is 0 Å². The van der Waals surface area contributed by atoms with Crippen LogP contribution in [0.3, 0.4) is 0 Å². The first-order valence-electron chi connectivity index (χ1n) is 3.01. The lowest BCUT2D eigenvalue weighted by atomic mass is 10.4. The molecular weight excluding hydrogens is 180 g/mol. The Morgan fingerprint density at radius 3 is 3.00 bits per heavy atom. The van der Waals surface area contributed by atoms with Crippen LogP contribution in [0.5, 0.6) is 0 Å². The van der Waals surface area contributed by atoms with Crippen molar-refractivity contribution in [1.82, 2.24) is 0 Å². The lowest BCUT2D eigenvalue weighted by molar-refractivity contribution is 0.276. The minimum atomic E-state index is 0.00921. The molecule has 0 saturated heterocycles. The van der Waals surface area contributed by atoms with Gasteiger partial charge >= 0.3 is 0 Å². The largest absolute Gasteiger partial charge is 0.469 e. The van der Waals surface area contributed by atoms with Crippen LogP contribution in [0.15, 0.2) is 24.7 Å². The number of ether oxygens (including phenoxy) is 1. The van der Waals surface area contributed by atoms with Crippen molar-refractivity contribution in [3.63, 3.8) is 0 Å². The van der Waals surface area contributed by atoms with E-state index in [1.165, 1.54) is 23.5 Å². The topological polar surface area (TPSA) is 26.3 Å². The molecule has 0 bridgehead atoms. The Morgan fingerprint density at radius 1 is 1.82 bits per heavy atom. The smallest absolute Gasteiger partial charge is 0.246 e. The summed E-state index contributed by atoms with van der Waals surface area (Å²) in [5.41, 5.74) is 0. The maximum atomic E-state index is 10.9. The Balaban J connectivity index is 2.43. The van der Waals surface area contributed by atoms with Crippen molar-refractivity contribution in [3.8, 4) is 0 Å². The highest BCUT2D eigenvalue weighted by Gasteiger charge is 2.19. The summed E-state index contributed by atoms with van der Waals surface area (Å²) in [4.78, 5) is 10.9. The van der Waals surface area contributed by atoms with Crippen LogP contribution in [0.4, 0.5) is 4.79 Å². The van der Waals surface area contributed by atoms with Gasteiger partial charge in [0.05, 0.1) is 11.5 Å². The van der Waals surface area contributed by atoms with Crippen molar-refractivity contribution in [1.29, 1.82) is 0 Å². The van der Waals surface area contributed by atoms with Crippen LogP contribution in [-0.4, -0.2) is 16.0 Å². The van der Waals surface area contributed by atoms with Gasteiger partial charge < -0.3 is 4.74 Å². The summed E-state index contributed by atoms with van der Waals surface area (Å²) in [6, 6.07) is 0. The zero-order chi connectivity index (χ0) is 8.27. The monoisotopic (exact) mass is 188 g/mol. The SMILES string of the molecule is C=C1OC=CC1SC(=O)SC. The van der Waals surface area contributed by atoms with Crippen molar-refractivity contribution in [2.75, 3.05) is 6.26 Å². The summed E-state index contributed by atoms with van der Waals surface area (Å²) >= 11 is 2.44. The molecule has 1 aliphatic heterocycles. The van der Waals surface area contributed by atoms with E-state index >= 15 is 0 Å². The molecule has 0 N–H and O–H groups in total. The van der Waals surface area contributed by atoms with Gasteiger partial charge in [-0.15, -0.1) is 0 Å². The molecule has 0 fully saturated rings. The summed E-state index contributed by atoms with van der Waals surface area (Å²) in [6.07, 6.45) is 5.15. The van der Waals surface area contributed by atoms with Crippen LogP contribution >= 0.6 is 23.5 Å². The van der Waals surface area contributed by atoms with Gasteiger partial charge in [0.2, 0.25) is 4.45 Å². The first-order chi connectivity index (χ1) is 5.24. The third-order valence-electron chi connectivity index (χ3n) is 1.18. The summed E-state index contributed by atoms with van der Waals surface area (Å²) < 4.78 is 5.04. The van der Waals surface area contributed by atoms with Crippen molar-refractivity contribution in [2.45, 2.75) is 5.25 Å². The first kappa shape index (κ1) is 8.74. The highest BCUT2D eigenvalue weighted by Crippen LogP contribution is 2.29. The second-order valence-corrected chi connectivity index (χ2v) is 4.06. The Hall–Kier alpha value is -0.350. The van der Waals surface area contributed by atoms with Gasteiger partial charge in [-0.1, -0.05) is 30.1 Å². The Kier molecular flexibility index (Phi) is 3.08. The minimum Gasteiger partial charge on any atom is -0.469 e. The number of carbonyl (C=O) groups excluding carboxylic acids is 1. The molecule has 1 rings (SSSR count). The van der Waals surface area contributed by atoms with Crippen molar-refractivity contribution < 1.29 is 9.53 Å². The highest BCUT2D eigenvalue weighted by atomic mass is 32.2. The molecule has 0 radical (unpaired) electrons. The third-order valence-corrected chi connectivity index (χ3v) is 3.17. The van der Waals surface area contributed by atoms with Gasteiger partial charge in [0.1, 0.15) is 5.76 Å². The van der Waals surface area contributed by atoms with Gasteiger partial charge in [-0.3, -0.25) is 4.79 Å². The van der Waals surface area contributed by atoms with Gasteiger partial charge in [-0.25, -0.2) is 0 Å². The minimum absolute atomic E-state index is 0.00921. The van der Waals surface area contributed by atoms with Crippen LogP contribution < -0.4 is 0 Å². The van der Waals surface area contributed by atoms with E-state index in [4.69, 9.17) is 4.74 Å². The number of hydrogen-bond donors (Lipinski definition) is 0. The highest BCUT2D eigenvalue weighted by molar-refractivity contribution is 8.38. The average molecular weight is 188 g/mol. The zero-order valence-electron chi connectivity index (χ0n) is 6.07. The molecule has 1 aliphatic rings. The zero-order valence-corrected chi connectivity index (χ0v) is 7.71. The summed E-state index contributed by atoms with van der Waals surface area (Å²) in [5, 5.41) is 0.00921. The molecule has 0 aromatic rings. The van der Waals surface area contributed by atoms with E-state index < -0.39 is 0 Å². The lowest BCUT2D eigenvalue weighted by Gasteiger charge is -2.04. The fraction of sp³-hybridized carbons (Fsp3) is 0.286. The van der Waals surface area contributed by atoms with E-state index in [0.717, 1.165) is 0 Å². The maximum Gasteiger partial charge on any atom is 0.246 e. The molecule has 0 aromatic carbocycles. The molecular formula is C7H8O2S2. The van der Waals surface area contributed by atoms with Gasteiger partial charge in [0, 0.05) is 0 Å². The summed E-state index contributed by atoms with van der Waals surface area (Å²) in [7, 11) is 0.